The number of hydrogen-bond donors (Lipinski definition) is 3. The molecule has 0 aliphatic rings. The maximum atomic E-state index is 9.11. The molecule has 4 nitrogen and oxygen atoms in total. The number of nitrogens with one attached hydrogen (secondary N) is 1. The van der Waals surface area contributed by atoms with E-state index >= 15 is 0 Å². The molecule has 3 aromatic rings. The molecule has 1 heterocycles. The number of likely N-dealkylation sites (N-methyl/N-ethyl adjacent to an activating group) is 1. The van der Waals surface area contributed by atoms with E-state index in [1.165, 1.54) is 0 Å². The van der Waals surface area contributed by atoms with E-state index in [1.54, 1.807) is 0 Å². The molecule has 0 spiro atoms. The first-order valence-corrected chi connectivity index (χ1v) is 6.33. The standard InChI is InChI=1S/C15H17N3O/c1-18(8-9-19)13-7-6-11(16)15-14(13)10-4-2-3-5-12(10)17-15/h2-7,17,19H,8-9,16H2,1H3. The van der Waals surface area contributed by atoms with E-state index in [9.17, 15) is 0 Å². The number of aliphatic hydroxyl groups is 1. The summed E-state index contributed by atoms with van der Waals surface area (Å²) < 4.78 is 0. The van der Waals surface area contributed by atoms with Gasteiger partial charge in [0.25, 0.3) is 0 Å². The van der Waals surface area contributed by atoms with Crippen LogP contribution in [0.3, 0.4) is 0 Å². The minimum atomic E-state index is 0.130. The highest BCUT2D eigenvalue weighted by molar-refractivity contribution is 6.16. The van der Waals surface area contributed by atoms with E-state index < -0.39 is 0 Å². The van der Waals surface area contributed by atoms with Crippen molar-refractivity contribution < 1.29 is 5.11 Å². The lowest BCUT2D eigenvalue weighted by molar-refractivity contribution is 0.304. The molecule has 0 unspecified atom stereocenters. The van der Waals surface area contributed by atoms with Crippen molar-refractivity contribution in [1.82, 2.24) is 4.98 Å². The summed E-state index contributed by atoms with van der Waals surface area (Å²) >= 11 is 0. The van der Waals surface area contributed by atoms with Crippen LogP contribution in [0.15, 0.2) is 36.4 Å². The third-order valence-corrected chi connectivity index (χ3v) is 3.52. The first-order valence-electron chi connectivity index (χ1n) is 6.33. The molecule has 98 valence electrons. The molecular formula is C15H17N3O. The maximum absolute atomic E-state index is 9.11. The van der Waals surface area contributed by atoms with Crippen molar-refractivity contribution in [1.29, 1.82) is 0 Å². The van der Waals surface area contributed by atoms with Crippen LogP contribution in [-0.4, -0.2) is 30.3 Å². The van der Waals surface area contributed by atoms with Gasteiger partial charge in [-0.2, -0.15) is 0 Å². The molecule has 0 amide bonds. The van der Waals surface area contributed by atoms with Crippen molar-refractivity contribution in [3.05, 3.63) is 36.4 Å². The number of fused-ring (bicyclic) bond motifs is 3. The molecule has 0 bridgehead atoms. The van der Waals surface area contributed by atoms with E-state index in [0.29, 0.717) is 6.54 Å². The van der Waals surface area contributed by atoms with Gasteiger partial charge in [-0.1, -0.05) is 18.2 Å². The van der Waals surface area contributed by atoms with Gasteiger partial charge < -0.3 is 20.7 Å². The number of aromatic amines is 1. The van der Waals surface area contributed by atoms with Gasteiger partial charge in [-0.15, -0.1) is 0 Å². The van der Waals surface area contributed by atoms with Crippen LogP contribution in [0.2, 0.25) is 0 Å². The molecule has 0 aliphatic heterocycles. The number of nitrogens with zero attached hydrogens (tertiary/aromatic N) is 1. The normalized spacial score (nSPS) is 11.3. The van der Waals surface area contributed by atoms with Gasteiger partial charge >= 0.3 is 0 Å². The summed E-state index contributed by atoms with van der Waals surface area (Å²) in [5, 5.41) is 11.4. The lowest BCUT2D eigenvalue weighted by Gasteiger charge is -2.19. The zero-order chi connectivity index (χ0) is 13.4. The summed E-state index contributed by atoms with van der Waals surface area (Å²) in [6, 6.07) is 12.1. The Morgan fingerprint density at radius 2 is 2.00 bits per heavy atom. The Labute approximate surface area is 111 Å². The summed E-state index contributed by atoms with van der Waals surface area (Å²) in [7, 11) is 1.98. The van der Waals surface area contributed by atoms with Crippen LogP contribution in [0.4, 0.5) is 11.4 Å². The van der Waals surface area contributed by atoms with Crippen LogP contribution in [0.1, 0.15) is 0 Å². The van der Waals surface area contributed by atoms with Crippen LogP contribution in [-0.2, 0) is 0 Å². The van der Waals surface area contributed by atoms with E-state index in [1.807, 2.05) is 42.3 Å². The van der Waals surface area contributed by atoms with Crippen LogP contribution in [0, 0.1) is 0 Å². The van der Waals surface area contributed by atoms with Gasteiger partial charge in [0.2, 0.25) is 0 Å². The highest BCUT2D eigenvalue weighted by Crippen LogP contribution is 2.36. The predicted octanol–water partition coefficient (Wildman–Crippen LogP) is 2.33. The van der Waals surface area contributed by atoms with Gasteiger partial charge in [0.1, 0.15) is 0 Å². The van der Waals surface area contributed by atoms with Gasteiger partial charge in [-0.05, 0) is 18.2 Å². The second kappa shape index (κ2) is 4.48. The van der Waals surface area contributed by atoms with Crippen molar-refractivity contribution in [2.24, 2.45) is 0 Å². The first-order chi connectivity index (χ1) is 9.22. The molecule has 3 rings (SSSR count). The van der Waals surface area contributed by atoms with Gasteiger partial charge in [0.15, 0.2) is 0 Å². The zero-order valence-electron chi connectivity index (χ0n) is 10.9. The fourth-order valence-corrected chi connectivity index (χ4v) is 2.55. The van der Waals surface area contributed by atoms with E-state index in [-0.39, 0.29) is 6.61 Å². The molecule has 0 fully saturated rings. The average molecular weight is 255 g/mol. The second-order valence-electron chi connectivity index (χ2n) is 4.74. The largest absolute Gasteiger partial charge is 0.397 e. The Kier molecular flexibility index (Phi) is 2.80. The van der Waals surface area contributed by atoms with Crippen molar-refractivity contribution in [3.63, 3.8) is 0 Å². The quantitative estimate of drug-likeness (QED) is 0.629. The Morgan fingerprint density at radius 3 is 2.79 bits per heavy atom. The average Bonchev–Trinajstić information content (AvgIpc) is 2.80. The molecule has 19 heavy (non-hydrogen) atoms. The maximum Gasteiger partial charge on any atom is 0.0719 e. The molecule has 0 aliphatic carbocycles. The highest BCUT2D eigenvalue weighted by Gasteiger charge is 2.13. The number of para-hydroxylation sites is 1. The zero-order valence-corrected chi connectivity index (χ0v) is 10.9. The van der Waals surface area contributed by atoms with E-state index in [0.717, 1.165) is 33.2 Å². The number of benzene rings is 2. The molecule has 1 aromatic heterocycles. The van der Waals surface area contributed by atoms with Crippen molar-refractivity contribution in [3.8, 4) is 0 Å². The molecular weight excluding hydrogens is 238 g/mol. The number of H-pyrrole nitrogens is 1. The van der Waals surface area contributed by atoms with E-state index in [4.69, 9.17) is 10.8 Å². The lowest BCUT2D eigenvalue weighted by atomic mass is 10.1. The smallest absolute Gasteiger partial charge is 0.0719 e. The monoisotopic (exact) mass is 255 g/mol. The molecule has 0 radical (unpaired) electrons. The fourth-order valence-electron chi connectivity index (χ4n) is 2.55. The van der Waals surface area contributed by atoms with Gasteiger partial charge in [-0.3, -0.25) is 0 Å². The molecule has 4 heteroatoms. The van der Waals surface area contributed by atoms with Crippen molar-refractivity contribution in [2.75, 3.05) is 30.8 Å². The van der Waals surface area contributed by atoms with E-state index in [2.05, 4.69) is 11.1 Å². The van der Waals surface area contributed by atoms with Gasteiger partial charge in [0.05, 0.1) is 17.8 Å². The number of nitrogens with two attached hydrogens (primary N) is 1. The number of aromatic nitrogens is 1. The SMILES string of the molecule is CN(CCO)c1ccc(N)c2[nH]c3ccccc3c12. The topological polar surface area (TPSA) is 65.3 Å². The molecule has 0 saturated carbocycles. The Hall–Kier alpha value is -2.20. The third kappa shape index (κ3) is 1.81. The number of rotatable bonds is 3. The lowest BCUT2D eigenvalue weighted by Crippen LogP contribution is -2.21. The molecule has 0 saturated heterocycles. The number of aliphatic hydroxyl groups excluding tert-OH is 1. The summed E-state index contributed by atoms with van der Waals surface area (Å²) in [5.41, 5.74) is 9.93. The van der Waals surface area contributed by atoms with Gasteiger partial charge in [0, 0.05) is 35.6 Å². The first kappa shape index (κ1) is 11.9. The Morgan fingerprint density at radius 1 is 1.21 bits per heavy atom. The number of nitrogen functional groups attached to an aromatic ring is 1. The fraction of sp³-hybridized carbons (Fsp3) is 0.200. The summed E-state index contributed by atoms with van der Waals surface area (Å²) in [6.07, 6.45) is 0. The summed E-state index contributed by atoms with van der Waals surface area (Å²) in [6.45, 7) is 0.725. The molecule has 2 aromatic carbocycles. The van der Waals surface area contributed by atoms with Gasteiger partial charge in [-0.25, -0.2) is 0 Å². The predicted molar refractivity (Wildman–Crippen MR) is 80.6 cm³/mol. The van der Waals surface area contributed by atoms with Crippen molar-refractivity contribution in [2.45, 2.75) is 0 Å². The summed E-state index contributed by atoms with van der Waals surface area (Å²) in [5.74, 6) is 0. The summed E-state index contributed by atoms with van der Waals surface area (Å²) in [4.78, 5) is 5.41. The van der Waals surface area contributed by atoms with Crippen molar-refractivity contribution >= 4 is 33.2 Å². The number of anilines is 2. The van der Waals surface area contributed by atoms with Crippen LogP contribution in [0.25, 0.3) is 21.8 Å². The second-order valence-corrected chi connectivity index (χ2v) is 4.74. The van der Waals surface area contributed by atoms with Crippen LogP contribution < -0.4 is 10.6 Å². The highest BCUT2D eigenvalue weighted by atomic mass is 16.3. The molecule has 0 atom stereocenters. The Balaban J connectivity index is 2.36. The number of hydrogen-bond acceptors (Lipinski definition) is 3. The minimum Gasteiger partial charge on any atom is -0.397 e. The third-order valence-electron chi connectivity index (χ3n) is 3.52. The van der Waals surface area contributed by atoms with Crippen LogP contribution >= 0.6 is 0 Å². The Bertz CT molecular complexity index is 733. The minimum absolute atomic E-state index is 0.130. The molecule has 4 N–H and O–H groups in total. The van der Waals surface area contributed by atoms with Crippen LogP contribution in [0.5, 0.6) is 0 Å².